The Bertz CT molecular complexity index is 1410. The molecule has 7 nitrogen and oxygen atoms in total. The predicted octanol–water partition coefficient (Wildman–Crippen LogP) is 5.94. The molecule has 1 aromatic heterocycles. The number of nitrogens with zero attached hydrogens (tertiary/aromatic N) is 1. The van der Waals surface area contributed by atoms with E-state index in [9.17, 15) is 19.7 Å². The quantitative estimate of drug-likeness (QED) is 0.197. The summed E-state index contributed by atoms with van der Waals surface area (Å²) in [6.07, 6.45) is 0. The Morgan fingerprint density at radius 1 is 1.00 bits per heavy atom. The average Bonchev–Trinajstić information content (AvgIpc) is 2.79. The van der Waals surface area contributed by atoms with Crippen LogP contribution in [-0.4, -0.2) is 17.3 Å². The first-order valence-corrected chi connectivity index (χ1v) is 10.0. The van der Waals surface area contributed by atoms with Gasteiger partial charge in [0.15, 0.2) is 18.2 Å². The molecular formula is C23H13Cl2NO6. The maximum absolute atomic E-state index is 13.2. The molecule has 3 aromatic carbocycles. The molecule has 0 bridgehead atoms. The first-order chi connectivity index (χ1) is 15.3. The molecule has 0 saturated carbocycles. The van der Waals surface area contributed by atoms with Gasteiger partial charge in [0.05, 0.1) is 10.3 Å². The Morgan fingerprint density at radius 2 is 1.72 bits per heavy atom. The Kier molecular flexibility index (Phi) is 5.94. The number of Topliss-reactive ketones (excluding diaryl/α,β-unsaturated/α-hetero) is 1. The van der Waals surface area contributed by atoms with Gasteiger partial charge < -0.3 is 9.15 Å². The van der Waals surface area contributed by atoms with Crippen LogP contribution in [0.4, 0.5) is 5.69 Å². The summed E-state index contributed by atoms with van der Waals surface area (Å²) in [5.41, 5.74) is 0.159. The maximum atomic E-state index is 13.2. The number of fused-ring (bicyclic) bond motifs is 1. The predicted molar refractivity (Wildman–Crippen MR) is 121 cm³/mol. The summed E-state index contributed by atoms with van der Waals surface area (Å²) in [5, 5.41) is 12.0. The van der Waals surface area contributed by atoms with Gasteiger partial charge in [0.25, 0.3) is 5.69 Å². The molecule has 1 heterocycles. The SMILES string of the molecule is O=C(COc1c(-c2ccc(Cl)cc2)oc2ccc(Cl)cc2c1=O)c1cccc([N+](=O)[O-])c1. The van der Waals surface area contributed by atoms with Crippen molar-refractivity contribution in [3.8, 4) is 17.1 Å². The molecule has 0 saturated heterocycles. The second-order valence-corrected chi connectivity index (χ2v) is 7.63. The van der Waals surface area contributed by atoms with Crippen molar-refractivity contribution < 1.29 is 18.9 Å². The number of nitro groups is 1. The first-order valence-electron chi connectivity index (χ1n) is 9.26. The Balaban J connectivity index is 1.75. The van der Waals surface area contributed by atoms with Crippen LogP contribution in [-0.2, 0) is 0 Å². The van der Waals surface area contributed by atoms with Crippen molar-refractivity contribution in [1.29, 1.82) is 0 Å². The van der Waals surface area contributed by atoms with E-state index in [0.717, 1.165) is 6.07 Å². The Morgan fingerprint density at radius 3 is 2.44 bits per heavy atom. The fourth-order valence-electron chi connectivity index (χ4n) is 3.09. The third-order valence-corrected chi connectivity index (χ3v) is 5.13. The van der Waals surface area contributed by atoms with Crippen molar-refractivity contribution in [1.82, 2.24) is 0 Å². The highest BCUT2D eigenvalue weighted by Gasteiger charge is 2.20. The van der Waals surface area contributed by atoms with Crippen LogP contribution in [0.2, 0.25) is 10.0 Å². The van der Waals surface area contributed by atoms with E-state index in [1.807, 2.05) is 0 Å². The highest BCUT2D eigenvalue weighted by Crippen LogP contribution is 2.32. The smallest absolute Gasteiger partial charge is 0.270 e. The summed E-state index contributed by atoms with van der Waals surface area (Å²) < 4.78 is 11.5. The van der Waals surface area contributed by atoms with Gasteiger partial charge in [0.2, 0.25) is 11.2 Å². The highest BCUT2D eigenvalue weighted by atomic mass is 35.5. The normalized spacial score (nSPS) is 10.8. The van der Waals surface area contributed by atoms with Crippen LogP contribution in [0.25, 0.3) is 22.3 Å². The zero-order valence-corrected chi connectivity index (χ0v) is 17.7. The number of halogens is 2. The third kappa shape index (κ3) is 4.34. The molecule has 0 unspecified atom stereocenters. The van der Waals surface area contributed by atoms with Crippen LogP contribution >= 0.6 is 23.2 Å². The van der Waals surface area contributed by atoms with Gasteiger partial charge in [0, 0.05) is 33.3 Å². The molecule has 0 aliphatic carbocycles. The molecule has 160 valence electrons. The van der Waals surface area contributed by atoms with Gasteiger partial charge in [-0.1, -0.05) is 35.3 Å². The largest absolute Gasteiger partial charge is 0.478 e. The number of benzene rings is 3. The van der Waals surface area contributed by atoms with E-state index in [2.05, 4.69) is 0 Å². The average molecular weight is 470 g/mol. The van der Waals surface area contributed by atoms with Crippen molar-refractivity contribution >= 4 is 45.6 Å². The number of carbonyl (C=O) groups excluding carboxylic acids is 1. The monoisotopic (exact) mass is 469 g/mol. The number of non-ortho nitro benzene ring substituents is 1. The lowest BCUT2D eigenvalue weighted by Crippen LogP contribution is -2.17. The van der Waals surface area contributed by atoms with E-state index in [1.165, 1.54) is 24.3 Å². The number of hydrogen-bond donors (Lipinski definition) is 0. The van der Waals surface area contributed by atoms with Crippen molar-refractivity contribution in [2.75, 3.05) is 6.61 Å². The number of hydrogen-bond acceptors (Lipinski definition) is 6. The van der Waals surface area contributed by atoms with Crippen LogP contribution in [0.5, 0.6) is 5.75 Å². The molecule has 0 atom stereocenters. The summed E-state index contributed by atoms with van der Waals surface area (Å²) in [6.45, 7) is -0.529. The molecule has 0 spiro atoms. The van der Waals surface area contributed by atoms with Crippen LogP contribution < -0.4 is 10.2 Å². The standard InChI is InChI=1S/C23H13Cl2NO6/c24-15-6-4-13(5-7-15)22-23(21(28)18-11-16(25)8-9-20(18)32-22)31-12-19(27)14-2-1-3-17(10-14)26(29)30/h1-11H,12H2. The number of ether oxygens (including phenoxy) is 1. The molecule has 32 heavy (non-hydrogen) atoms. The van der Waals surface area contributed by atoms with E-state index in [1.54, 1.807) is 36.4 Å². The number of rotatable bonds is 6. The van der Waals surface area contributed by atoms with Gasteiger partial charge in [-0.05, 0) is 42.5 Å². The van der Waals surface area contributed by atoms with Gasteiger partial charge in [0.1, 0.15) is 5.58 Å². The van der Waals surface area contributed by atoms with Crippen LogP contribution in [0.3, 0.4) is 0 Å². The molecule has 0 radical (unpaired) electrons. The Labute approximate surface area is 190 Å². The van der Waals surface area contributed by atoms with Crippen molar-refractivity contribution in [3.63, 3.8) is 0 Å². The zero-order valence-electron chi connectivity index (χ0n) is 16.2. The van der Waals surface area contributed by atoms with E-state index in [0.29, 0.717) is 21.2 Å². The minimum absolute atomic E-state index is 0.0838. The van der Waals surface area contributed by atoms with Crippen LogP contribution in [0, 0.1) is 10.1 Å². The zero-order chi connectivity index (χ0) is 22.8. The molecule has 4 rings (SSSR count). The minimum atomic E-state index is -0.599. The number of carbonyl (C=O) groups is 1. The van der Waals surface area contributed by atoms with E-state index >= 15 is 0 Å². The van der Waals surface area contributed by atoms with E-state index in [-0.39, 0.29) is 28.1 Å². The molecule has 0 N–H and O–H groups in total. The van der Waals surface area contributed by atoms with Gasteiger partial charge in [-0.25, -0.2) is 0 Å². The van der Waals surface area contributed by atoms with Crippen molar-refractivity contribution in [2.45, 2.75) is 0 Å². The molecule has 0 fully saturated rings. The fourth-order valence-corrected chi connectivity index (χ4v) is 3.38. The van der Waals surface area contributed by atoms with Gasteiger partial charge in [-0.2, -0.15) is 0 Å². The maximum Gasteiger partial charge on any atom is 0.270 e. The lowest BCUT2D eigenvalue weighted by molar-refractivity contribution is -0.384. The summed E-state index contributed by atoms with van der Waals surface area (Å²) in [4.78, 5) is 36.1. The van der Waals surface area contributed by atoms with Crippen LogP contribution in [0.15, 0.2) is 75.9 Å². The molecular weight excluding hydrogens is 457 g/mol. The lowest BCUT2D eigenvalue weighted by Gasteiger charge is -2.12. The summed E-state index contributed by atoms with van der Waals surface area (Å²) in [7, 11) is 0. The Hall–Kier alpha value is -3.68. The van der Waals surface area contributed by atoms with Crippen LogP contribution in [0.1, 0.15) is 10.4 Å². The topological polar surface area (TPSA) is 99.7 Å². The second-order valence-electron chi connectivity index (χ2n) is 6.76. The van der Waals surface area contributed by atoms with Crippen molar-refractivity contribution in [3.05, 3.63) is 103 Å². The van der Waals surface area contributed by atoms with Gasteiger partial charge >= 0.3 is 0 Å². The highest BCUT2D eigenvalue weighted by molar-refractivity contribution is 6.31. The first kappa shape index (κ1) is 21.5. The number of nitro benzene ring substituents is 1. The lowest BCUT2D eigenvalue weighted by atomic mass is 10.1. The van der Waals surface area contributed by atoms with E-state index < -0.39 is 22.7 Å². The molecule has 0 aliphatic heterocycles. The third-order valence-electron chi connectivity index (χ3n) is 4.64. The minimum Gasteiger partial charge on any atom is -0.478 e. The van der Waals surface area contributed by atoms with Crippen molar-refractivity contribution in [2.24, 2.45) is 0 Å². The molecule has 0 amide bonds. The fraction of sp³-hybridized carbons (Fsp3) is 0.0435. The summed E-state index contributed by atoms with van der Waals surface area (Å²) >= 11 is 12.0. The second kappa shape index (κ2) is 8.82. The summed E-state index contributed by atoms with van der Waals surface area (Å²) in [5.74, 6) is -0.601. The number of ketones is 1. The van der Waals surface area contributed by atoms with E-state index in [4.69, 9.17) is 32.4 Å². The molecule has 0 aliphatic rings. The summed E-state index contributed by atoms with van der Waals surface area (Å²) in [6, 6.07) is 16.4. The molecule has 4 aromatic rings. The molecule has 9 heteroatoms. The van der Waals surface area contributed by atoms with Gasteiger partial charge in [-0.3, -0.25) is 19.7 Å². The van der Waals surface area contributed by atoms with Gasteiger partial charge in [-0.15, -0.1) is 0 Å².